The second-order valence-corrected chi connectivity index (χ2v) is 6.79. The van der Waals surface area contributed by atoms with Gasteiger partial charge in [-0.1, -0.05) is 6.07 Å². The average Bonchev–Trinajstić information content (AvgIpc) is 2.95. The van der Waals surface area contributed by atoms with Crippen molar-refractivity contribution in [3.8, 4) is 5.75 Å². The third-order valence-corrected chi connectivity index (χ3v) is 4.93. The van der Waals surface area contributed by atoms with Gasteiger partial charge >= 0.3 is 0 Å². The lowest BCUT2D eigenvalue weighted by atomic mass is 10.0. The fraction of sp³-hybridized carbons (Fsp3) is 0.381. The predicted octanol–water partition coefficient (Wildman–Crippen LogP) is 2.70. The monoisotopic (exact) mass is 367 g/mol. The van der Waals surface area contributed by atoms with E-state index in [0.29, 0.717) is 37.4 Å². The van der Waals surface area contributed by atoms with Gasteiger partial charge in [-0.25, -0.2) is 0 Å². The van der Waals surface area contributed by atoms with Crippen LogP contribution >= 0.6 is 0 Å². The van der Waals surface area contributed by atoms with Crippen molar-refractivity contribution in [1.29, 1.82) is 0 Å². The number of carbonyl (C=O) groups excluding carboxylic acids is 2. The highest BCUT2D eigenvalue weighted by Gasteiger charge is 2.25. The number of amides is 2. The zero-order valence-corrected chi connectivity index (χ0v) is 16.1. The summed E-state index contributed by atoms with van der Waals surface area (Å²) in [6, 6.07) is 9.11. The first-order valence-electron chi connectivity index (χ1n) is 9.16. The lowest BCUT2D eigenvalue weighted by molar-refractivity contribution is 0.0715. The van der Waals surface area contributed by atoms with Gasteiger partial charge in [0.05, 0.1) is 7.11 Å². The highest BCUT2D eigenvalue weighted by atomic mass is 16.5. The van der Waals surface area contributed by atoms with Crippen molar-refractivity contribution in [3.05, 3.63) is 58.9 Å². The molecule has 1 aliphatic rings. The molecule has 1 saturated heterocycles. The van der Waals surface area contributed by atoms with Gasteiger partial charge in [-0.05, 0) is 55.7 Å². The fourth-order valence-electron chi connectivity index (χ4n) is 3.39. The molecule has 2 aromatic rings. The van der Waals surface area contributed by atoms with E-state index in [-0.39, 0.29) is 11.8 Å². The Kier molecular flexibility index (Phi) is 5.74. The summed E-state index contributed by atoms with van der Waals surface area (Å²) in [7, 11) is 1.63. The van der Waals surface area contributed by atoms with Crippen LogP contribution in [0.3, 0.4) is 0 Å². The van der Waals surface area contributed by atoms with Gasteiger partial charge < -0.3 is 14.5 Å². The van der Waals surface area contributed by atoms with E-state index < -0.39 is 0 Å². The largest absolute Gasteiger partial charge is 0.496 e. The molecular formula is C21H25N3O3. The number of pyridine rings is 1. The van der Waals surface area contributed by atoms with Crippen molar-refractivity contribution in [2.24, 2.45) is 0 Å². The van der Waals surface area contributed by atoms with E-state index in [1.165, 1.54) is 0 Å². The van der Waals surface area contributed by atoms with Crippen molar-refractivity contribution >= 4 is 11.8 Å². The molecule has 6 nitrogen and oxygen atoms in total. The number of hydrogen-bond acceptors (Lipinski definition) is 4. The maximum absolute atomic E-state index is 13.0. The van der Waals surface area contributed by atoms with Crippen LogP contribution in [-0.2, 0) is 0 Å². The molecule has 0 spiro atoms. The highest BCUT2D eigenvalue weighted by Crippen LogP contribution is 2.24. The molecule has 27 heavy (non-hydrogen) atoms. The van der Waals surface area contributed by atoms with Gasteiger partial charge in [-0.15, -0.1) is 0 Å². The van der Waals surface area contributed by atoms with Crippen molar-refractivity contribution in [2.75, 3.05) is 33.3 Å². The summed E-state index contributed by atoms with van der Waals surface area (Å²) in [6.45, 7) is 6.14. The Labute approximate surface area is 159 Å². The molecule has 0 bridgehead atoms. The average molecular weight is 367 g/mol. The minimum absolute atomic E-state index is 0.00499. The molecule has 2 amide bonds. The molecule has 0 N–H and O–H groups in total. The fourth-order valence-corrected chi connectivity index (χ4v) is 3.39. The zero-order valence-electron chi connectivity index (χ0n) is 16.1. The van der Waals surface area contributed by atoms with Gasteiger partial charge in [0.1, 0.15) is 11.4 Å². The third-order valence-electron chi connectivity index (χ3n) is 4.93. The van der Waals surface area contributed by atoms with Gasteiger partial charge in [0.25, 0.3) is 11.8 Å². The first kappa shape index (κ1) is 18.9. The van der Waals surface area contributed by atoms with Gasteiger partial charge in [0.15, 0.2) is 0 Å². The number of benzene rings is 1. The number of aromatic nitrogens is 1. The molecule has 142 valence electrons. The van der Waals surface area contributed by atoms with E-state index in [4.69, 9.17) is 4.74 Å². The normalized spacial score (nSPS) is 14.6. The zero-order chi connectivity index (χ0) is 19.4. The number of nitrogens with zero attached hydrogens (tertiary/aromatic N) is 3. The summed E-state index contributed by atoms with van der Waals surface area (Å²) in [5.74, 6) is 0.707. The molecule has 3 rings (SSSR count). The summed E-state index contributed by atoms with van der Waals surface area (Å²) in [4.78, 5) is 33.4. The van der Waals surface area contributed by atoms with E-state index in [0.717, 1.165) is 23.3 Å². The van der Waals surface area contributed by atoms with Crippen molar-refractivity contribution < 1.29 is 14.3 Å². The lowest BCUT2D eigenvalue weighted by Gasteiger charge is -2.23. The summed E-state index contributed by atoms with van der Waals surface area (Å²) in [6.07, 6.45) is 2.37. The molecule has 0 saturated carbocycles. The Morgan fingerprint density at radius 2 is 1.67 bits per heavy atom. The topological polar surface area (TPSA) is 62.7 Å². The second kappa shape index (κ2) is 8.20. The molecule has 0 aliphatic carbocycles. The van der Waals surface area contributed by atoms with E-state index in [2.05, 4.69) is 4.98 Å². The van der Waals surface area contributed by atoms with Gasteiger partial charge in [-0.2, -0.15) is 0 Å². The number of ether oxygens (including phenoxy) is 1. The smallest absolute Gasteiger partial charge is 0.272 e. The minimum atomic E-state index is -0.0821. The molecule has 0 radical (unpaired) electrons. The van der Waals surface area contributed by atoms with Crippen LogP contribution in [0.15, 0.2) is 36.5 Å². The molecule has 1 aromatic carbocycles. The van der Waals surface area contributed by atoms with Crippen LogP contribution in [0.1, 0.15) is 38.4 Å². The molecular weight excluding hydrogens is 342 g/mol. The van der Waals surface area contributed by atoms with Crippen molar-refractivity contribution in [3.63, 3.8) is 0 Å². The van der Waals surface area contributed by atoms with Crippen LogP contribution in [0.5, 0.6) is 5.75 Å². The molecule has 6 heteroatoms. The first-order valence-corrected chi connectivity index (χ1v) is 9.16. The third kappa shape index (κ3) is 4.10. The number of rotatable bonds is 3. The van der Waals surface area contributed by atoms with Crippen LogP contribution in [0, 0.1) is 13.8 Å². The maximum Gasteiger partial charge on any atom is 0.272 e. The first-order chi connectivity index (χ1) is 13.0. The van der Waals surface area contributed by atoms with E-state index in [9.17, 15) is 9.59 Å². The van der Waals surface area contributed by atoms with Gasteiger partial charge in [-0.3, -0.25) is 14.6 Å². The van der Waals surface area contributed by atoms with Gasteiger partial charge in [0, 0.05) is 37.9 Å². The van der Waals surface area contributed by atoms with Crippen LogP contribution < -0.4 is 4.74 Å². The number of hydrogen-bond donors (Lipinski definition) is 0. The maximum atomic E-state index is 13.0. The molecule has 1 aromatic heterocycles. The molecule has 0 unspecified atom stereocenters. The summed E-state index contributed by atoms with van der Waals surface area (Å²) < 4.78 is 5.33. The number of carbonyl (C=O) groups is 2. The van der Waals surface area contributed by atoms with Crippen molar-refractivity contribution in [1.82, 2.24) is 14.8 Å². The molecule has 2 heterocycles. The van der Waals surface area contributed by atoms with E-state index in [1.54, 1.807) is 30.3 Å². The number of aryl methyl sites for hydroxylation is 2. The Morgan fingerprint density at radius 3 is 2.30 bits per heavy atom. The Balaban J connectivity index is 1.72. The Bertz CT molecular complexity index is 836. The minimum Gasteiger partial charge on any atom is -0.496 e. The van der Waals surface area contributed by atoms with E-state index >= 15 is 0 Å². The SMILES string of the molecule is COc1cc(C)c(C(=O)N2CCCN(C(=O)c3ccccn3)CC2)cc1C. The van der Waals surface area contributed by atoms with Crippen molar-refractivity contribution in [2.45, 2.75) is 20.3 Å². The van der Waals surface area contributed by atoms with Gasteiger partial charge in [0.2, 0.25) is 0 Å². The Morgan fingerprint density at radius 1 is 0.963 bits per heavy atom. The predicted molar refractivity (Wildman–Crippen MR) is 103 cm³/mol. The standard InChI is InChI=1S/C21H25N3O3/c1-15-14-19(27-3)16(2)13-17(15)20(25)23-9-6-10-24(12-11-23)21(26)18-7-4-5-8-22-18/h4-5,7-8,13-14H,6,9-12H2,1-3H3. The lowest BCUT2D eigenvalue weighted by Crippen LogP contribution is -2.37. The molecule has 0 atom stereocenters. The quantitative estimate of drug-likeness (QED) is 0.837. The van der Waals surface area contributed by atoms with Crippen LogP contribution in [0.4, 0.5) is 0 Å². The molecule has 1 fully saturated rings. The highest BCUT2D eigenvalue weighted by molar-refractivity contribution is 5.96. The second-order valence-electron chi connectivity index (χ2n) is 6.79. The summed E-state index contributed by atoms with van der Waals surface area (Å²) >= 11 is 0. The summed E-state index contributed by atoms with van der Waals surface area (Å²) in [5.41, 5.74) is 2.97. The number of methoxy groups -OCH3 is 1. The Hall–Kier alpha value is -2.89. The van der Waals surface area contributed by atoms with Crippen LogP contribution in [0.2, 0.25) is 0 Å². The van der Waals surface area contributed by atoms with Crippen LogP contribution in [-0.4, -0.2) is 59.9 Å². The molecule has 1 aliphatic heterocycles. The van der Waals surface area contributed by atoms with E-state index in [1.807, 2.05) is 36.9 Å². The summed E-state index contributed by atoms with van der Waals surface area (Å²) in [5, 5.41) is 0. The van der Waals surface area contributed by atoms with Crippen LogP contribution in [0.25, 0.3) is 0 Å².